The number of nitrogens with one attached hydrogen (secondary N) is 1. The SMILES string of the molecule is O=C(CCS(=O)(=O)N1CCCC1)Nc1cccc(C(F)(F)F)c1. The predicted molar refractivity (Wildman–Crippen MR) is 79.3 cm³/mol. The zero-order chi connectivity index (χ0) is 17.1. The Hall–Kier alpha value is -1.61. The highest BCUT2D eigenvalue weighted by atomic mass is 32.2. The molecule has 0 saturated carbocycles. The molecular formula is C14H17F3N2O3S. The van der Waals surface area contributed by atoms with E-state index in [0.29, 0.717) is 13.1 Å². The molecule has 1 fully saturated rings. The summed E-state index contributed by atoms with van der Waals surface area (Å²) >= 11 is 0. The molecule has 0 spiro atoms. The third-order valence-electron chi connectivity index (χ3n) is 3.52. The van der Waals surface area contributed by atoms with Crippen LogP contribution in [-0.4, -0.2) is 37.5 Å². The summed E-state index contributed by atoms with van der Waals surface area (Å²) in [6, 6.07) is 4.21. The molecule has 0 bridgehead atoms. The van der Waals surface area contributed by atoms with Crippen LogP contribution in [0.25, 0.3) is 0 Å². The summed E-state index contributed by atoms with van der Waals surface area (Å²) in [5.74, 6) is -0.982. The molecule has 0 aromatic heterocycles. The highest BCUT2D eigenvalue weighted by molar-refractivity contribution is 7.89. The molecule has 9 heteroatoms. The number of halogens is 3. The van der Waals surface area contributed by atoms with Crippen LogP contribution in [0.2, 0.25) is 0 Å². The lowest BCUT2D eigenvalue weighted by atomic mass is 10.2. The molecule has 2 rings (SSSR count). The number of alkyl halides is 3. The average molecular weight is 350 g/mol. The number of carbonyl (C=O) groups is 1. The first-order valence-corrected chi connectivity index (χ1v) is 8.74. The van der Waals surface area contributed by atoms with Crippen molar-refractivity contribution in [2.24, 2.45) is 0 Å². The van der Waals surface area contributed by atoms with Crippen molar-refractivity contribution in [2.45, 2.75) is 25.4 Å². The van der Waals surface area contributed by atoms with Crippen molar-refractivity contribution in [3.63, 3.8) is 0 Å². The molecule has 1 heterocycles. The van der Waals surface area contributed by atoms with Crippen molar-refractivity contribution >= 4 is 21.6 Å². The van der Waals surface area contributed by atoms with Gasteiger partial charge in [-0.05, 0) is 31.0 Å². The van der Waals surface area contributed by atoms with Gasteiger partial charge in [0.25, 0.3) is 0 Å². The van der Waals surface area contributed by atoms with Gasteiger partial charge in [0.15, 0.2) is 0 Å². The quantitative estimate of drug-likeness (QED) is 0.887. The minimum absolute atomic E-state index is 0.0107. The molecule has 0 radical (unpaired) electrons. The molecular weight excluding hydrogens is 333 g/mol. The van der Waals surface area contributed by atoms with Gasteiger partial charge in [-0.15, -0.1) is 0 Å². The van der Waals surface area contributed by atoms with E-state index >= 15 is 0 Å². The van der Waals surface area contributed by atoms with Gasteiger partial charge in [0.05, 0.1) is 11.3 Å². The average Bonchev–Trinajstić information content (AvgIpc) is 3.00. The molecule has 1 aromatic rings. The lowest BCUT2D eigenvalue weighted by molar-refractivity contribution is -0.137. The van der Waals surface area contributed by atoms with Crippen molar-refractivity contribution in [1.29, 1.82) is 0 Å². The number of hydrogen-bond acceptors (Lipinski definition) is 3. The molecule has 1 N–H and O–H groups in total. The van der Waals surface area contributed by atoms with Crippen LogP contribution in [0.1, 0.15) is 24.8 Å². The van der Waals surface area contributed by atoms with E-state index in [4.69, 9.17) is 0 Å². The van der Waals surface area contributed by atoms with Gasteiger partial charge in [-0.2, -0.15) is 13.2 Å². The van der Waals surface area contributed by atoms with E-state index in [9.17, 15) is 26.4 Å². The highest BCUT2D eigenvalue weighted by Gasteiger charge is 2.30. The Morgan fingerprint density at radius 2 is 1.87 bits per heavy atom. The Labute approximate surface area is 132 Å². The van der Waals surface area contributed by atoms with Crippen LogP contribution < -0.4 is 5.32 Å². The van der Waals surface area contributed by atoms with Gasteiger partial charge in [0.1, 0.15) is 0 Å². The predicted octanol–water partition coefficient (Wildman–Crippen LogP) is 2.46. The fourth-order valence-electron chi connectivity index (χ4n) is 2.31. The van der Waals surface area contributed by atoms with E-state index in [2.05, 4.69) is 5.32 Å². The molecule has 0 atom stereocenters. The van der Waals surface area contributed by atoms with E-state index in [0.717, 1.165) is 25.0 Å². The Morgan fingerprint density at radius 1 is 1.22 bits per heavy atom. The van der Waals surface area contributed by atoms with E-state index < -0.39 is 27.7 Å². The van der Waals surface area contributed by atoms with Crippen LogP contribution in [0.3, 0.4) is 0 Å². The molecule has 0 aliphatic carbocycles. The van der Waals surface area contributed by atoms with E-state index in [1.54, 1.807) is 0 Å². The summed E-state index contributed by atoms with van der Waals surface area (Å²) < 4.78 is 63.0. The standard InChI is InChI=1S/C14H17F3N2O3S/c15-14(16,17)11-4-3-5-12(10-11)18-13(20)6-9-23(21,22)19-7-1-2-8-19/h3-5,10H,1-2,6-9H2,(H,18,20). The maximum atomic E-state index is 12.6. The van der Waals surface area contributed by atoms with Gasteiger partial charge in [0, 0.05) is 25.2 Å². The Bertz CT molecular complexity index is 668. The second-order valence-electron chi connectivity index (χ2n) is 5.30. The molecule has 128 valence electrons. The maximum absolute atomic E-state index is 12.6. The summed E-state index contributed by atoms with van der Waals surface area (Å²) in [6.45, 7) is 0.912. The summed E-state index contributed by atoms with van der Waals surface area (Å²) in [5.41, 5.74) is -0.886. The minimum Gasteiger partial charge on any atom is -0.326 e. The molecule has 0 unspecified atom stereocenters. The second-order valence-corrected chi connectivity index (χ2v) is 7.39. The van der Waals surface area contributed by atoms with Crippen LogP contribution in [0.15, 0.2) is 24.3 Å². The smallest absolute Gasteiger partial charge is 0.326 e. The molecule has 1 saturated heterocycles. The lowest BCUT2D eigenvalue weighted by Crippen LogP contribution is -2.31. The van der Waals surface area contributed by atoms with Crippen molar-refractivity contribution < 1.29 is 26.4 Å². The number of amides is 1. The van der Waals surface area contributed by atoms with Crippen LogP contribution in [0.4, 0.5) is 18.9 Å². The monoisotopic (exact) mass is 350 g/mol. The molecule has 1 aromatic carbocycles. The van der Waals surface area contributed by atoms with Crippen LogP contribution in [0, 0.1) is 0 Å². The van der Waals surface area contributed by atoms with Crippen LogP contribution in [-0.2, 0) is 21.0 Å². The zero-order valence-electron chi connectivity index (χ0n) is 12.3. The van der Waals surface area contributed by atoms with Gasteiger partial charge in [-0.1, -0.05) is 6.07 Å². The highest BCUT2D eigenvalue weighted by Crippen LogP contribution is 2.30. The number of rotatable bonds is 5. The Morgan fingerprint density at radius 3 is 2.48 bits per heavy atom. The number of nitrogens with zero attached hydrogens (tertiary/aromatic N) is 1. The van der Waals surface area contributed by atoms with Gasteiger partial charge in [0.2, 0.25) is 15.9 Å². The fourth-order valence-corrected chi connectivity index (χ4v) is 3.83. The second kappa shape index (κ2) is 6.88. The molecule has 1 amide bonds. The van der Waals surface area contributed by atoms with Crippen molar-refractivity contribution in [3.8, 4) is 0 Å². The Kier molecular flexibility index (Phi) is 5.30. The summed E-state index contributed by atoms with van der Waals surface area (Å²) in [5, 5.41) is 2.30. The third kappa shape index (κ3) is 4.93. The lowest BCUT2D eigenvalue weighted by Gasteiger charge is -2.15. The topological polar surface area (TPSA) is 66.5 Å². The van der Waals surface area contributed by atoms with E-state index in [-0.39, 0.29) is 17.9 Å². The first kappa shape index (κ1) is 17.7. The number of benzene rings is 1. The number of sulfonamides is 1. The Balaban J connectivity index is 1.92. The molecule has 1 aliphatic heterocycles. The minimum atomic E-state index is -4.50. The number of anilines is 1. The molecule has 23 heavy (non-hydrogen) atoms. The zero-order valence-corrected chi connectivity index (χ0v) is 13.1. The van der Waals surface area contributed by atoms with Crippen LogP contribution >= 0.6 is 0 Å². The molecule has 5 nitrogen and oxygen atoms in total. The van der Waals surface area contributed by atoms with Gasteiger partial charge >= 0.3 is 6.18 Å². The molecule has 1 aliphatic rings. The normalized spacial score (nSPS) is 16.5. The largest absolute Gasteiger partial charge is 0.416 e. The van der Waals surface area contributed by atoms with Crippen molar-refractivity contribution in [1.82, 2.24) is 4.31 Å². The number of carbonyl (C=O) groups excluding carboxylic acids is 1. The van der Waals surface area contributed by atoms with E-state index in [1.807, 2.05) is 0 Å². The van der Waals surface area contributed by atoms with Gasteiger partial charge in [-0.25, -0.2) is 12.7 Å². The van der Waals surface area contributed by atoms with E-state index in [1.165, 1.54) is 16.4 Å². The first-order chi connectivity index (χ1) is 10.7. The van der Waals surface area contributed by atoms with Crippen molar-refractivity contribution in [2.75, 3.05) is 24.2 Å². The maximum Gasteiger partial charge on any atom is 0.416 e. The summed E-state index contributed by atoms with van der Waals surface area (Å²) in [6.07, 6.45) is -3.19. The fraction of sp³-hybridized carbons (Fsp3) is 0.500. The first-order valence-electron chi connectivity index (χ1n) is 7.13. The summed E-state index contributed by atoms with van der Waals surface area (Å²) in [7, 11) is -3.49. The van der Waals surface area contributed by atoms with Gasteiger partial charge in [-0.3, -0.25) is 4.79 Å². The summed E-state index contributed by atoms with van der Waals surface area (Å²) in [4.78, 5) is 11.8. The van der Waals surface area contributed by atoms with Crippen molar-refractivity contribution in [3.05, 3.63) is 29.8 Å². The number of hydrogen-bond donors (Lipinski definition) is 1. The third-order valence-corrected chi connectivity index (χ3v) is 5.39. The van der Waals surface area contributed by atoms with Gasteiger partial charge < -0.3 is 5.32 Å². The van der Waals surface area contributed by atoms with Crippen LogP contribution in [0.5, 0.6) is 0 Å².